The van der Waals surface area contributed by atoms with Crippen molar-refractivity contribution in [3.05, 3.63) is 38.5 Å². The van der Waals surface area contributed by atoms with E-state index in [9.17, 15) is 13.2 Å². The van der Waals surface area contributed by atoms with Gasteiger partial charge in [0.05, 0.1) is 11.6 Å². The van der Waals surface area contributed by atoms with Gasteiger partial charge in [-0.05, 0) is 18.4 Å². The second kappa shape index (κ2) is 8.85. The maximum absolute atomic E-state index is 12.6. The molecule has 2 heterocycles. The van der Waals surface area contributed by atoms with E-state index < -0.39 is 11.9 Å². The van der Waals surface area contributed by atoms with Crippen molar-refractivity contribution in [2.24, 2.45) is 4.99 Å². The minimum atomic E-state index is -4.38. The fraction of sp³-hybridized carbons (Fsp3) is 0.529. The largest absolute Gasteiger partial charge is 0.434 e. The lowest BCUT2D eigenvalue weighted by Crippen LogP contribution is -2.39. The second-order valence-corrected chi connectivity index (χ2v) is 8.25. The van der Waals surface area contributed by atoms with Crippen LogP contribution in [-0.2, 0) is 18.0 Å². The molecular weight excluding hydrogens is 381 g/mol. The van der Waals surface area contributed by atoms with Gasteiger partial charge < -0.3 is 10.6 Å². The summed E-state index contributed by atoms with van der Waals surface area (Å²) >= 11 is 2.73. The molecule has 0 aliphatic rings. The molecule has 0 amide bonds. The van der Waals surface area contributed by atoms with Crippen LogP contribution >= 0.6 is 22.7 Å². The summed E-state index contributed by atoms with van der Waals surface area (Å²) in [6.07, 6.45) is -3.97. The Morgan fingerprint density at radius 3 is 2.58 bits per heavy atom. The number of thiophene rings is 1. The normalized spacial score (nSPS) is 13.1. The first-order chi connectivity index (χ1) is 12.2. The van der Waals surface area contributed by atoms with E-state index in [1.165, 1.54) is 4.88 Å². The van der Waals surface area contributed by atoms with Crippen molar-refractivity contribution in [3.63, 3.8) is 0 Å². The summed E-state index contributed by atoms with van der Waals surface area (Å²) in [6, 6.07) is 4.12. The zero-order valence-corrected chi connectivity index (χ0v) is 16.6. The Kier molecular flexibility index (Phi) is 7.05. The molecule has 0 unspecified atom stereocenters. The van der Waals surface area contributed by atoms with Crippen LogP contribution in [0.3, 0.4) is 0 Å². The first-order valence-electron chi connectivity index (χ1n) is 8.30. The summed E-state index contributed by atoms with van der Waals surface area (Å²) in [5.41, 5.74) is -0.899. The van der Waals surface area contributed by atoms with Crippen molar-refractivity contribution in [1.82, 2.24) is 15.6 Å². The summed E-state index contributed by atoms with van der Waals surface area (Å²) in [5, 5.41) is 9.89. The Bertz CT molecular complexity index is 706. The van der Waals surface area contributed by atoms with Gasteiger partial charge in [0.15, 0.2) is 11.7 Å². The van der Waals surface area contributed by atoms with Crippen LogP contribution in [0.5, 0.6) is 0 Å². The van der Waals surface area contributed by atoms with E-state index in [1.54, 1.807) is 11.3 Å². The lowest BCUT2D eigenvalue weighted by molar-refractivity contribution is -0.140. The highest BCUT2D eigenvalue weighted by Crippen LogP contribution is 2.30. The molecule has 4 nitrogen and oxygen atoms in total. The third-order valence-corrected chi connectivity index (χ3v) is 5.78. The van der Waals surface area contributed by atoms with Crippen molar-refractivity contribution in [1.29, 1.82) is 0 Å². The topological polar surface area (TPSA) is 49.3 Å². The molecule has 0 fully saturated rings. The van der Waals surface area contributed by atoms with Crippen LogP contribution in [0.25, 0.3) is 0 Å². The molecule has 0 spiro atoms. The summed E-state index contributed by atoms with van der Waals surface area (Å²) in [5.74, 6) is 0.657. The molecule has 26 heavy (non-hydrogen) atoms. The van der Waals surface area contributed by atoms with Gasteiger partial charge in [0, 0.05) is 35.2 Å². The fourth-order valence-electron chi connectivity index (χ4n) is 2.20. The highest BCUT2D eigenvalue weighted by Gasteiger charge is 2.33. The molecule has 0 saturated heterocycles. The van der Waals surface area contributed by atoms with Crippen LogP contribution in [0, 0.1) is 0 Å². The van der Waals surface area contributed by atoms with E-state index in [1.807, 2.05) is 18.4 Å². The van der Waals surface area contributed by atoms with Crippen LogP contribution in [0.4, 0.5) is 13.2 Å². The van der Waals surface area contributed by atoms with Crippen molar-refractivity contribution >= 4 is 28.6 Å². The van der Waals surface area contributed by atoms with Gasteiger partial charge in [0.2, 0.25) is 0 Å². The number of thiazole rings is 1. The second-order valence-electron chi connectivity index (χ2n) is 6.36. The van der Waals surface area contributed by atoms with Crippen LogP contribution in [0.15, 0.2) is 27.9 Å². The molecule has 0 atom stereocenters. The van der Waals surface area contributed by atoms with E-state index in [-0.39, 0.29) is 5.41 Å². The van der Waals surface area contributed by atoms with Crippen LogP contribution in [0.2, 0.25) is 0 Å². The molecule has 0 aromatic carbocycles. The molecule has 2 rings (SSSR count). The number of halogens is 3. The predicted molar refractivity (Wildman–Crippen MR) is 102 cm³/mol. The van der Waals surface area contributed by atoms with Crippen molar-refractivity contribution in [2.45, 2.75) is 38.8 Å². The summed E-state index contributed by atoms with van der Waals surface area (Å²) in [4.78, 5) is 9.52. The molecular formula is C17H23F3N4S2. The lowest BCUT2D eigenvalue weighted by Gasteiger charge is -2.21. The minimum Gasteiger partial charge on any atom is -0.357 e. The first kappa shape index (κ1) is 20.7. The Hall–Kier alpha value is -1.61. The van der Waals surface area contributed by atoms with Gasteiger partial charge in [-0.3, -0.25) is 4.99 Å². The monoisotopic (exact) mass is 404 g/mol. The van der Waals surface area contributed by atoms with Crippen molar-refractivity contribution in [3.8, 4) is 0 Å². The van der Waals surface area contributed by atoms with Gasteiger partial charge >= 0.3 is 6.18 Å². The van der Waals surface area contributed by atoms with Gasteiger partial charge in [0.1, 0.15) is 0 Å². The SMILES string of the molecule is CCNC(=NCC(C)(C)c1cccs1)NCCc1nc(C(F)(F)F)cs1. The summed E-state index contributed by atoms with van der Waals surface area (Å²) < 4.78 is 37.7. The van der Waals surface area contributed by atoms with Gasteiger partial charge in [-0.2, -0.15) is 13.2 Å². The number of guanidine groups is 1. The van der Waals surface area contributed by atoms with E-state index in [0.29, 0.717) is 37.0 Å². The van der Waals surface area contributed by atoms with Crippen LogP contribution < -0.4 is 10.6 Å². The smallest absolute Gasteiger partial charge is 0.357 e. The average Bonchev–Trinajstić information content (AvgIpc) is 3.24. The van der Waals surface area contributed by atoms with Crippen LogP contribution in [0.1, 0.15) is 36.3 Å². The molecule has 144 valence electrons. The van der Waals surface area contributed by atoms with E-state index in [0.717, 1.165) is 16.7 Å². The summed E-state index contributed by atoms with van der Waals surface area (Å²) in [7, 11) is 0. The average molecular weight is 405 g/mol. The number of rotatable bonds is 7. The molecule has 0 aliphatic carbocycles. The molecule has 2 aromatic heterocycles. The molecule has 0 radical (unpaired) electrons. The van der Waals surface area contributed by atoms with Crippen molar-refractivity contribution in [2.75, 3.05) is 19.6 Å². The Morgan fingerprint density at radius 1 is 1.23 bits per heavy atom. The molecule has 2 N–H and O–H groups in total. The number of nitrogens with zero attached hydrogens (tertiary/aromatic N) is 2. The quantitative estimate of drug-likeness (QED) is 0.534. The van der Waals surface area contributed by atoms with Crippen molar-refractivity contribution < 1.29 is 13.2 Å². The fourth-order valence-corrected chi connectivity index (χ4v) is 3.85. The van der Waals surface area contributed by atoms with Crippen LogP contribution in [-0.4, -0.2) is 30.6 Å². The number of nitrogens with one attached hydrogen (secondary N) is 2. The van der Waals surface area contributed by atoms with Gasteiger partial charge in [-0.1, -0.05) is 19.9 Å². The van der Waals surface area contributed by atoms with Gasteiger partial charge in [-0.15, -0.1) is 22.7 Å². The maximum atomic E-state index is 12.6. The molecule has 0 bridgehead atoms. The molecule has 2 aromatic rings. The van der Waals surface area contributed by atoms with E-state index in [4.69, 9.17) is 0 Å². The molecule has 0 saturated carbocycles. The minimum absolute atomic E-state index is 0.0760. The Labute approximate surface area is 159 Å². The summed E-state index contributed by atoms with van der Waals surface area (Å²) in [6.45, 7) is 8.04. The Morgan fingerprint density at radius 2 is 2.00 bits per heavy atom. The lowest BCUT2D eigenvalue weighted by atomic mass is 9.92. The first-order valence-corrected chi connectivity index (χ1v) is 10.1. The highest BCUT2D eigenvalue weighted by molar-refractivity contribution is 7.10. The zero-order chi connectivity index (χ0) is 19.2. The molecule has 0 aliphatic heterocycles. The highest BCUT2D eigenvalue weighted by atomic mass is 32.1. The third-order valence-electron chi connectivity index (χ3n) is 3.64. The number of hydrogen-bond acceptors (Lipinski definition) is 4. The zero-order valence-electron chi connectivity index (χ0n) is 15.0. The number of alkyl halides is 3. The standard InChI is InChI=1S/C17H23F3N4S2/c1-4-21-15(23-11-16(2,3)13-6-5-9-25-13)22-8-7-14-24-12(10-26-14)17(18,19)20/h5-6,9-10H,4,7-8,11H2,1-3H3,(H2,21,22,23). The predicted octanol–water partition coefficient (Wildman–Crippen LogP) is 4.30. The number of aromatic nitrogens is 1. The third kappa shape index (κ3) is 5.98. The van der Waals surface area contributed by atoms with E-state index >= 15 is 0 Å². The number of aliphatic imine (C=N–C) groups is 1. The van der Waals surface area contributed by atoms with E-state index in [2.05, 4.69) is 40.5 Å². The van der Waals surface area contributed by atoms with Gasteiger partial charge in [-0.25, -0.2) is 4.98 Å². The maximum Gasteiger partial charge on any atom is 0.434 e. The Balaban J connectivity index is 1.90. The van der Waals surface area contributed by atoms with Gasteiger partial charge in [0.25, 0.3) is 0 Å². The molecule has 9 heteroatoms. The number of hydrogen-bond donors (Lipinski definition) is 2.